The van der Waals surface area contributed by atoms with E-state index in [9.17, 15) is 9.59 Å². The predicted molar refractivity (Wildman–Crippen MR) is 58.3 cm³/mol. The van der Waals surface area contributed by atoms with Crippen molar-refractivity contribution in [3.63, 3.8) is 0 Å². The minimum atomic E-state index is -0.855. The molecule has 2 rings (SSSR count). The van der Waals surface area contributed by atoms with Crippen LogP contribution in [0.4, 0.5) is 0 Å². The summed E-state index contributed by atoms with van der Waals surface area (Å²) in [5.41, 5.74) is 0.212. The highest BCUT2D eigenvalue weighted by atomic mass is 16.4. The van der Waals surface area contributed by atoms with Crippen molar-refractivity contribution in [2.75, 3.05) is 0 Å². The van der Waals surface area contributed by atoms with Crippen molar-refractivity contribution < 1.29 is 14.7 Å². The maximum absolute atomic E-state index is 11.8. The van der Waals surface area contributed by atoms with E-state index >= 15 is 0 Å². The summed E-state index contributed by atoms with van der Waals surface area (Å²) < 4.78 is 0. The average molecular weight is 235 g/mol. The van der Waals surface area contributed by atoms with E-state index in [1.54, 1.807) is 0 Å². The molecule has 1 amide bonds. The summed E-state index contributed by atoms with van der Waals surface area (Å²) in [6.45, 7) is 0. The first-order chi connectivity index (χ1) is 8.18. The van der Waals surface area contributed by atoms with Gasteiger partial charge in [-0.2, -0.15) is 0 Å². The number of amides is 1. The van der Waals surface area contributed by atoms with Gasteiger partial charge in [0.05, 0.1) is 12.1 Å². The summed E-state index contributed by atoms with van der Waals surface area (Å²) in [7, 11) is 0. The van der Waals surface area contributed by atoms with Gasteiger partial charge in [-0.15, -0.1) is 0 Å². The number of carbonyl (C=O) groups excluding carboxylic acids is 1. The zero-order chi connectivity index (χ0) is 12.3. The SMILES string of the molecule is O=C(NC1CCCC1C(=O)O)c1cnccn1. The van der Waals surface area contributed by atoms with Gasteiger partial charge in [0.2, 0.25) is 0 Å². The lowest BCUT2D eigenvalue weighted by atomic mass is 10.0. The predicted octanol–water partition coefficient (Wildman–Crippen LogP) is 0.460. The molecule has 1 aliphatic rings. The quantitative estimate of drug-likeness (QED) is 0.794. The minimum Gasteiger partial charge on any atom is -0.481 e. The van der Waals surface area contributed by atoms with Gasteiger partial charge in [-0.05, 0) is 12.8 Å². The molecule has 6 nitrogen and oxygen atoms in total. The molecule has 2 unspecified atom stereocenters. The van der Waals surface area contributed by atoms with Crippen molar-refractivity contribution in [3.8, 4) is 0 Å². The molecule has 17 heavy (non-hydrogen) atoms. The van der Waals surface area contributed by atoms with Gasteiger partial charge in [0.1, 0.15) is 5.69 Å². The van der Waals surface area contributed by atoms with Crippen LogP contribution in [-0.4, -0.2) is 33.0 Å². The van der Waals surface area contributed by atoms with E-state index in [4.69, 9.17) is 5.11 Å². The van der Waals surface area contributed by atoms with Gasteiger partial charge in [0.15, 0.2) is 0 Å². The third-order valence-corrected chi connectivity index (χ3v) is 2.95. The van der Waals surface area contributed by atoms with Gasteiger partial charge in [-0.1, -0.05) is 6.42 Å². The molecule has 1 fully saturated rings. The molecular weight excluding hydrogens is 222 g/mol. The zero-order valence-electron chi connectivity index (χ0n) is 9.17. The van der Waals surface area contributed by atoms with Crippen LogP contribution in [0.1, 0.15) is 29.8 Å². The van der Waals surface area contributed by atoms with E-state index in [0.717, 1.165) is 6.42 Å². The van der Waals surface area contributed by atoms with Crippen LogP contribution in [0.3, 0.4) is 0 Å². The van der Waals surface area contributed by atoms with Crippen molar-refractivity contribution in [1.82, 2.24) is 15.3 Å². The smallest absolute Gasteiger partial charge is 0.308 e. The lowest BCUT2D eigenvalue weighted by molar-refractivity contribution is -0.142. The third-order valence-electron chi connectivity index (χ3n) is 2.95. The first kappa shape index (κ1) is 11.5. The first-order valence-corrected chi connectivity index (χ1v) is 5.48. The number of aromatic nitrogens is 2. The summed E-state index contributed by atoms with van der Waals surface area (Å²) >= 11 is 0. The molecule has 6 heteroatoms. The van der Waals surface area contributed by atoms with Gasteiger partial charge >= 0.3 is 5.97 Å². The van der Waals surface area contributed by atoms with Gasteiger partial charge < -0.3 is 10.4 Å². The first-order valence-electron chi connectivity index (χ1n) is 5.48. The number of aliphatic carboxylic acids is 1. The fraction of sp³-hybridized carbons (Fsp3) is 0.455. The number of hydrogen-bond acceptors (Lipinski definition) is 4. The maximum atomic E-state index is 11.8. The molecule has 0 radical (unpaired) electrons. The van der Waals surface area contributed by atoms with E-state index in [-0.39, 0.29) is 17.6 Å². The number of rotatable bonds is 3. The second kappa shape index (κ2) is 4.90. The zero-order valence-corrected chi connectivity index (χ0v) is 9.17. The van der Waals surface area contributed by atoms with Crippen LogP contribution in [0.2, 0.25) is 0 Å². The number of carboxylic acids is 1. The van der Waals surface area contributed by atoms with Gasteiger partial charge in [-0.25, -0.2) is 4.98 Å². The third kappa shape index (κ3) is 2.58. The van der Waals surface area contributed by atoms with E-state index in [2.05, 4.69) is 15.3 Å². The Labute approximate surface area is 98.1 Å². The molecule has 1 aromatic rings. The molecule has 1 heterocycles. The van der Waals surface area contributed by atoms with Crippen LogP contribution < -0.4 is 5.32 Å². The second-order valence-electron chi connectivity index (χ2n) is 4.05. The molecule has 0 spiro atoms. The normalized spacial score (nSPS) is 23.3. The molecule has 0 saturated heterocycles. The Morgan fingerprint density at radius 1 is 1.35 bits per heavy atom. The molecule has 90 valence electrons. The number of hydrogen-bond donors (Lipinski definition) is 2. The summed E-state index contributed by atoms with van der Waals surface area (Å²) in [6.07, 6.45) is 6.40. The van der Waals surface area contributed by atoms with Gasteiger partial charge in [-0.3, -0.25) is 14.6 Å². The van der Waals surface area contributed by atoms with Crippen LogP contribution in [0.15, 0.2) is 18.6 Å². The fourth-order valence-electron chi connectivity index (χ4n) is 2.09. The molecule has 2 atom stereocenters. The maximum Gasteiger partial charge on any atom is 0.308 e. The Hall–Kier alpha value is -1.98. The standard InChI is InChI=1S/C11H13N3O3/c15-10(9-6-12-4-5-13-9)14-8-3-1-2-7(8)11(16)17/h4-8H,1-3H2,(H,14,15)(H,16,17). The molecule has 0 aromatic carbocycles. The fourth-order valence-corrected chi connectivity index (χ4v) is 2.09. The van der Waals surface area contributed by atoms with Crippen molar-refractivity contribution in [1.29, 1.82) is 0 Å². The molecule has 0 aliphatic heterocycles. The highest BCUT2D eigenvalue weighted by Gasteiger charge is 2.34. The molecule has 1 saturated carbocycles. The Bertz CT molecular complexity index is 421. The number of nitrogens with one attached hydrogen (secondary N) is 1. The molecule has 1 aliphatic carbocycles. The number of carbonyl (C=O) groups is 2. The van der Waals surface area contributed by atoms with E-state index < -0.39 is 11.9 Å². The molecule has 0 bridgehead atoms. The average Bonchev–Trinajstić information content (AvgIpc) is 2.78. The Balaban J connectivity index is 2.02. The lowest BCUT2D eigenvalue weighted by Gasteiger charge is -2.16. The van der Waals surface area contributed by atoms with E-state index in [1.807, 2.05) is 0 Å². The van der Waals surface area contributed by atoms with Gasteiger partial charge in [0.25, 0.3) is 5.91 Å². The van der Waals surface area contributed by atoms with Crippen molar-refractivity contribution in [2.24, 2.45) is 5.92 Å². The van der Waals surface area contributed by atoms with E-state index in [1.165, 1.54) is 18.6 Å². The van der Waals surface area contributed by atoms with Gasteiger partial charge in [0, 0.05) is 18.4 Å². The largest absolute Gasteiger partial charge is 0.481 e. The summed E-state index contributed by atoms with van der Waals surface area (Å²) in [5.74, 6) is -1.71. The van der Waals surface area contributed by atoms with Crippen molar-refractivity contribution in [2.45, 2.75) is 25.3 Å². The Morgan fingerprint density at radius 3 is 2.82 bits per heavy atom. The van der Waals surface area contributed by atoms with Crippen LogP contribution in [0.5, 0.6) is 0 Å². The lowest BCUT2D eigenvalue weighted by Crippen LogP contribution is -2.40. The molecule has 1 aromatic heterocycles. The van der Waals surface area contributed by atoms with E-state index in [0.29, 0.717) is 12.8 Å². The summed E-state index contributed by atoms with van der Waals surface area (Å²) in [4.78, 5) is 30.4. The van der Waals surface area contributed by atoms with Crippen LogP contribution >= 0.6 is 0 Å². The topological polar surface area (TPSA) is 92.2 Å². The highest BCUT2D eigenvalue weighted by molar-refractivity contribution is 5.92. The summed E-state index contributed by atoms with van der Waals surface area (Å²) in [6, 6.07) is -0.304. The summed E-state index contributed by atoms with van der Waals surface area (Å²) in [5, 5.41) is 11.7. The second-order valence-corrected chi connectivity index (χ2v) is 4.05. The monoisotopic (exact) mass is 235 g/mol. The van der Waals surface area contributed by atoms with Crippen molar-refractivity contribution >= 4 is 11.9 Å². The molecular formula is C11H13N3O3. The van der Waals surface area contributed by atoms with Crippen LogP contribution in [-0.2, 0) is 4.79 Å². The molecule has 2 N–H and O–H groups in total. The highest BCUT2D eigenvalue weighted by Crippen LogP contribution is 2.25. The Morgan fingerprint density at radius 2 is 2.18 bits per heavy atom. The van der Waals surface area contributed by atoms with Crippen LogP contribution in [0.25, 0.3) is 0 Å². The number of nitrogens with zero attached hydrogens (tertiary/aromatic N) is 2. The van der Waals surface area contributed by atoms with Crippen molar-refractivity contribution in [3.05, 3.63) is 24.3 Å². The minimum absolute atomic E-state index is 0.212. The van der Waals surface area contributed by atoms with Crippen LogP contribution in [0, 0.1) is 5.92 Å². The Kier molecular flexibility index (Phi) is 3.32. The number of carboxylic acid groups (broad SMARTS) is 1.